The smallest absolute Gasteiger partial charge is 0.744 e. The summed E-state index contributed by atoms with van der Waals surface area (Å²) < 4.78 is 77.7. The van der Waals surface area contributed by atoms with Gasteiger partial charge in [0, 0.05) is 45.8 Å². The summed E-state index contributed by atoms with van der Waals surface area (Å²) in [5.41, 5.74) is 4.72. The fourth-order valence-electron chi connectivity index (χ4n) is 9.34. The predicted molar refractivity (Wildman–Crippen MR) is 300 cm³/mol. The summed E-state index contributed by atoms with van der Waals surface area (Å²) in [7, 11) is -10.2. The third-order valence-electron chi connectivity index (χ3n) is 13.1. The number of fused-ring (bicyclic) bond motifs is 4. The molecule has 0 amide bonds. The van der Waals surface area contributed by atoms with Crippen molar-refractivity contribution in [1.29, 1.82) is 0 Å². The third kappa shape index (κ3) is 11.7. The summed E-state index contributed by atoms with van der Waals surface area (Å²) in [4.78, 5) is 18.4. The summed E-state index contributed by atoms with van der Waals surface area (Å²) in [6, 6.07) is 67.6. The molecule has 78 heavy (non-hydrogen) atoms. The van der Waals surface area contributed by atoms with E-state index in [0.717, 1.165) is 65.3 Å². The maximum absolute atomic E-state index is 12.9. The molecular weight excluding hydrogens is 1030 g/mol. The Labute approximate surface area is 494 Å². The molecule has 0 aliphatic heterocycles. The van der Waals surface area contributed by atoms with Gasteiger partial charge in [-0.05, 0) is 103 Å². The molecule has 0 bridgehead atoms. The van der Waals surface area contributed by atoms with Crippen molar-refractivity contribution >= 4 is 98.5 Å². The van der Waals surface area contributed by atoms with Crippen LogP contribution >= 0.6 is 0 Å². The first-order valence-corrected chi connectivity index (χ1v) is 26.8. The molecule has 0 aliphatic carbocycles. The average molecular weight is 1080 g/mol. The maximum atomic E-state index is 12.9. The Morgan fingerprint density at radius 1 is 0.333 bits per heavy atom. The zero-order valence-corrected chi connectivity index (χ0v) is 47.6. The normalized spacial score (nSPS) is 11.7. The summed E-state index contributed by atoms with van der Waals surface area (Å²) in [5.74, 6) is 1.48. The molecule has 2 N–H and O–H groups in total. The van der Waals surface area contributed by atoms with Gasteiger partial charge >= 0.3 is 59.1 Å². The zero-order chi connectivity index (χ0) is 52.0. The number of nitrogens with one attached hydrogen (secondary N) is 2. The summed E-state index contributed by atoms with van der Waals surface area (Å²) >= 11 is 0. The molecule has 12 rings (SSSR count). The molecule has 0 saturated carbocycles. The van der Waals surface area contributed by atoms with Gasteiger partial charge in [-0.25, -0.2) is 36.8 Å². The molecule has 2 aromatic heterocycles. The second kappa shape index (κ2) is 22.5. The van der Waals surface area contributed by atoms with Gasteiger partial charge in [0.25, 0.3) is 0 Å². The molecule has 0 spiro atoms. The van der Waals surface area contributed by atoms with Crippen LogP contribution in [-0.4, -0.2) is 45.9 Å². The van der Waals surface area contributed by atoms with Crippen LogP contribution < -0.4 is 69.7 Å². The molecule has 0 unspecified atom stereocenters. The van der Waals surface area contributed by atoms with Crippen molar-refractivity contribution in [2.45, 2.75) is 9.79 Å². The molecule has 0 fully saturated rings. The van der Waals surface area contributed by atoms with E-state index in [1.807, 2.05) is 170 Å². The molecule has 16 heteroatoms. The van der Waals surface area contributed by atoms with E-state index in [0.29, 0.717) is 34.7 Å². The van der Waals surface area contributed by atoms with Crippen molar-refractivity contribution in [1.82, 2.24) is 19.9 Å². The molecule has 0 radical (unpaired) electrons. The Morgan fingerprint density at radius 2 is 0.641 bits per heavy atom. The second-order valence-corrected chi connectivity index (χ2v) is 20.9. The van der Waals surface area contributed by atoms with E-state index < -0.39 is 30.0 Å². The largest absolute Gasteiger partial charge is 1.00 e. The standard InChI is InChI=1S/C62H42N6O6S2.2Na/c69-75(70,71)57-35-53(63-59-37-55(49-23-17-39-9-1-5-13-45(39)31-49)65-61(67-59)51-25-19-41-11-3-7-15-47(41)33-51)29-27-43(57)21-22-44-28-30-54(36-58(44)76(72,73)74)64-60-38-56(50-24-18-40-10-2-6-14-46(40)32-50)66-62(68-60)52-26-20-42-12-4-8-16-48(42)34-52;;/h1-38H,(H,63,65,67)(H,64,66,68)(H,69,70,71)(H,72,73,74);;/q;2*+1/p-2. The van der Waals surface area contributed by atoms with Crippen LogP contribution in [0.2, 0.25) is 0 Å². The molecular formula is C62H40N6Na2O6S2. The number of aromatic nitrogens is 4. The van der Waals surface area contributed by atoms with Crippen molar-refractivity contribution in [3.63, 3.8) is 0 Å². The van der Waals surface area contributed by atoms with Gasteiger partial charge in [0.1, 0.15) is 31.9 Å². The first-order valence-electron chi connectivity index (χ1n) is 24.0. The van der Waals surface area contributed by atoms with Gasteiger partial charge in [-0.2, -0.15) is 0 Å². The van der Waals surface area contributed by atoms with Crippen LogP contribution in [0.3, 0.4) is 0 Å². The predicted octanol–water partition coefficient (Wildman–Crippen LogP) is 8.02. The first kappa shape index (κ1) is 53.9. The van der Waals surface area contributed by atoms with Crippen LogP contribution in [0.5, 0.6) is 0 Å². The Bertz CT molecular complexity index is 4100. The SMILES string of the molecule is O=S(=O)([O-])c1cc(Nc2cc(-c3ccc4ccccc4c3)nc(-c3ccc4ccccc4c3)n2)ccc1C=Cc1ccc(Nc2cc(-c3ccc4ccccc4c3)nc(-c3ccc4ccccc4c3)n2)cc1S(=O)(=O)[O-].[Na+].[Na+]. The van der Waals surface area contributed by atoms with Gasteiger partial charge in [-0.15, -0.1) is 0 Å². The molecule has 0 saturated heterocycles. The van der Waals surface area contributed by atoms with E-state index in [2.05, 4.69) is 10.6 Å². The topological polar surface area (TPSA) is 190 Å². The van der Waals surface area contributed by atoms with E-state index in [-0.39, 0.29) is 81.6 Å². The van der Waals surface area contributed by atoms with E-state index in [9.17, 15) is 25.9 Å². The fourth-order valence-corrected chi connectivity index (χ4v) is 10.7. The van der Waals surface area contributed by atoms with Crippen molar-refractivity contribution in [3.05, 3.63) is 230 Å². The number of nitrogens with zero attached hydrogens (tertiary/aromatic N) is 4. The Kier molecular flexibility index (Phi) is 15.6. The van der Waals surface area contributed by atoms with Crippen molar-refractivity contribution in [2.75, 3.05) is 10.6 Å². The average Bonchev–Trinajstić information content (AvgIpc) is 3.47. The minimum atomic E-state index is -5.12. The third-order valence-corrected chi connectivity index (χ3v) is 14.9. The van der Waals surface area contributed by atoms with Crippen LogP contribution in [0.4, 0.5) is 23.0 Å². The van der Waals surface area contributed by atoms with E-state index in [1.54, 1.807) is 24.3 Å². The fraction of sp³-hybridized carbons (Fsp3) is 0. The van der Waals surface area contributed by atoms with Crippen molar-refractivity contribution < 1.29 is 85.1 Å². The van der Waals surface area contributed by atoms with Gasteiger partial charge in [0.05, 0.1) is 21.2 Å². The van der Waals surface area contributed by atoms with Gasteiger partial charge in [-0.1, -0.05) is 170 Å². The number of rotatable bonds is 12. The minimum absolute atomic E-state index is 0. The minimum Gasteiger partial charge on any atom is -0.744 e. The van der Waals surface area contributed by atoms with Crippen LogP contribution in [0.15, 0.2) is 228 Å². The second-order valence-electron chi connectivity index (χ2n) is 18.2. The number of anilines is 4. The molecule has 368 valence electrons. The zero-order valence-electron chi connectivity index (χ0n) is 42.0. The molecule has 12 aromatic rings. The van der Waals surface area contributed by atoms with Crippen molar-refractivity contribution in [3.8, 4) is 45.3 Å². The molecule has 0 atom stereocenters. The van der Waals surface area contributed by atoms with E-state index >= 15 is 0 Å². The Hall–Kier alpha value is -7.44. The Balaban J connectivity index is 0.00000344. The van der Waals surface area contributed by atoms with Gasteiger partial charge in [0.2, 0.25) is 0 Å². The first-order chi connectivity index (χ1) is 36.8. The van der Waals surface area contributed by atoms with E-state index in [4.69, 9.17) is 19.9 Å². The molecule has 10 aromatic carbocycles. The van der Waals surface area contributed by atoms with E-state index in [1.165, 1.54) is 36.4 Å². The van der Waals surface area contributed by atoms with Gasteiger partial charge < -0.3 is 19.7 Å². The summed E-state index contributed by atoms with van der Waals surface area (Å²) in [6.07, 6.45) is 2.56. The molecule has 0 aliphatic rings. The number of hydrogen-bond donors (Lipinski definition) is 2. The molecule has 2 heterocycles. The van der Waals surface area contributed by atoms with Crippen molar-refractivity contribution in [2.24, 2.45) is 0 Å². The molecule has 12 nitrogen and oxygen atoms in total. The van der Waals surface area contributed by atoms with Crippen LogP contribution in [0.1, 0.15) is 11.1 Å². The Morgan fingerprint density at radius 3 is 0.974 bits per heavy atom. The number of hydrogen-bond acceptors (Lipinski definition) is 12. The van der Waals surface area contributed by atoms with Crippen LogP contribution in [-0.2, 0) is 20.2 Å². The maximum Gasteiger partial charge on any atom is 1.00 e. The summed E-state index contributed by atoms with van der Waals surface area (Å²) in [5, 5.41) is 14.6. The monoisotopic (exact) mass is 1070 g/mol. The quantitative estimate of drug-likeness (QED) is 0.0682. The summed E-state index contributed by atoms with van der Waals surface area (Å²) in [6.45, 7) is 0. The van der Waals surface area contributed by atoms with Gasteiger partial charge in [0.15, 0.2) is 11.6 Å². The number of benzene rings is 10. The van der Waals surface area contributed by atoms with Crippen LogP contribution in [0, 0.1) is 0 Å². The van der Waals surface area contributed by atoms with Gasteiger partial charge in [-0.3, -0.25) is 0 Å². The van der Waals surface area contributed by atoms with Crippen LogP contribution in [0.25, 0.3) is 101 Å².